The summed E-state index contributed by atoms with van der Waals surface area (Å²) in [4.78, 5) is 11.8. The van der Waals surface area contributed by atoms with Crippen LogP contribution in [0.4, 0.5) is 0 Å². The SMILES string of the molecule is C=C(NNC(=O)c1ccoc1C)c1cccc(Br)c1. The fourth-order valence-corrected chi connectivity index (χ4v) is 1.97. The smallest absolute Gasteiger partial charge is 0.273 e. The molecule has 1 aromatic heterocycles. The Morgan fingerprint density at radius 2 is 2.11 bits per heavy atom. The van der Waals surface area contributed by atoms with E-state index >= 15 is 0 Å². The number of furan rings is 1. The van der Waals surface area contributed by atoms with Crippen molar-refractivity contribution in [3.05, 3.63) is 64.5 Å². The topological polar surface area (TPSA) is 54.3 Å². The summed E-state index contributed by atoms with van der Waals surface area (Å²) < 4.78 is 6.02. The zero-order valence-corrected chi connectivity index (χ0v) is 12.0. The van der Waals surface area contributed by atoms with Gasteiger partial charge in [0.05, 0.1) is 17.5 Å². The zero-order valence-electron chi connectivity index (χ0n) is 10.4. The molecule has 2 aromatic rings. The highest BCUT2D eigenvalue weighted by molar-refractivity contribution is 9.10. The predicted molar refractivity (Wildman–Crippen MR) is 77.2 cm³/mol. The van der Waals surface area contributed by atoms with Gasteiger partial charge in [0.25, 0.3) is 5.91 Å². The van der Waals surface area contributed by atoms with Crippen molar-refractivity contribution in [3.63, 3.8) is 0 Å². The third-order valence-electron chi connectivity index (χ3n) is 2.60. The molecule has 2 N–H and O–H groups in total. The molecule has 2 rings (SSSR count). The lowest BCUT2D eigenvalue weighted by atomic mass is 10.2. The average molecular weight is 321 g/mol. The number of nitrogens with one attached hydrogen (secondary N) is 2. The van der Waals surface area contributed by atoms with Crippen LogP contribution in [0.1, 0.15) is 21.7 Å². The van der Waals surface area contributed by atoms with Crippen molar-refractivity contribution < 1.29 is 9.21 Å². The molecule has 5 heteroatoms. The van der Waals surface area contributed by atoms with Crippen LogP contribution in [0.2, 0.25) is 0 Å². The molecule has 1 heterocycles. The Bertz CT molecular complexity index is 619. The van der Waals surface area contributed by atoms with Gasteiger partial charge in [-0.25, -0.2) is 0 Å². The second-order valence-electron chi connectivity index (χ2n) is 3.96. The Balaban J connectivity index is 1.98. The number of aryl methyl sites for hydroxylation is 1. The minimum Gasteiger partial charge on any atom is -0.469 e. The summed E-state index contributed by atoms with van der Waals surface area (Å²) in [5.74, 6) is 0.315. The number of halogens is 1. The summed E-state index contributed by atoms with van der Waals surface area (Å²) in [5, 5.41) is 0. The van der Waals surface area contributed by atoms with Crippen LogP contribution in [-0.2, 0) is 0 Å². The number of carbonyl (C=O) groups is 1. The minimum absolute atomic E-state index is 0.262. The normalized spacial score (nSPS) is 10.0. The molecule has 4 nitrogen and oxygen atoms in total. The third kappa shape index (κ3) is 3.26. The molecule has 0 atom stereocenters. The van der Waals surface area contributed by atoms with E-state index in [1.165, 1.54) is 6.26 Å². The first-order valence-corrected chi connectivity index (χ1v) is 6.42. The third-order valence-corrected chi connectivity index (χ3v) is 3.10. The molecular formula is C14H13BrN2O2. The van der Waals surface area contributed by atoms with Crippen molar-refractivity contribution in [1.82, 2.24) is 10.9 Å². The second-order valence-corrected chi connectivity index (χ2v) is 4.87. The molecule has 0 aliphatic heterocycles. The standard InChI is InChI=1S/C14H13BrN2O2/c1-9(11-4-3-5-12(15)8-11)16-17-14(18)13-6-7-19-10(13)2/h3-8,16H,1H2,2H3,(H,17,18). The highest BCUT2D eigenvalue weighted by atomic mass is 79.9. The fraction of sp³-hybridized carbons (Fsp3) is 0.0714. The Labute approximate surface area is 119 Å². The summed E-state index contributed by atoms with van der Waals surface area (Å²) >= 11 is 3.38. The van der Waals surface area contributed by atoms with Crippen LogP contribution in [0.15, 0.2) is 52.1 Å². The van der Waals surface area contributed by atoms with Crippen LogP contribution in [0.5, 0.6) is 0 Å². The van der Waals surface area contributed by atoms with Gasteiger partial charge in [0, 0.05) is 4.47 Å². The van der Waals surface area contributed by atoms with E-state index in [2.05, 4.69) is 33.4 Å². The quantitative estimate of drug-likeness (QED) is 0.850. The molecule has 0 fully saturated rings. The van der Waals surface area contributed by atoms with E-state index in [0.29, 0.717) is 17.0 Å². The monoisotopic (exact) mass is 320 g/mol. The molecule has 0 saturated carbocycles. The maximum absolute atomic E-state index is 11.8. The summed E-state index contributed by atoms with van der Waals surface area (Å²) in [5.41, 5.74) is 7.35. The van der Waals surface area contributed by atoms with Crippen LogP contribution in [-0.4, -0.2) is 5.91 Å². The summed E-state index contributed by atoms with van der Waals surface area (Å²) in [6.45, 7) is 5.61. The predicted octanol–water partition coefficient (Wildman–Crippen LogP) is 3.26. The van der Waals surface area contributed by atoms with Gasteiger partial charge >= 0.3 is 0 Å². The van der Waals surface area contributed by atoms with E-state index in [0.717, 1.165) is 10.0 Å². The van der Waals surface area contributed by atoms with Crippen molar-refractivity contribution in [2.24, 2.45) is 0 Å². The molecule has 19 heavy (non-hydrogen) atoms. The Morgan fingerprint density at radius 3 is 2.74 bits per heavy atom. The molecule has 0 aliphatic rings. The number of hydrogen-bond acceptors (Lipinski definition) is 3. The fourth-order valence-electron chi connectivity index (χ4n) is 1.57. The lowest BCUT2D eigenvalue weighted by Crippen LogP contribution is -2.35. The van der Waals surface area contributed by atoms with Gasteiger partial charge in [-0.3, -0.25) is 15.6 Å². The van der Waals surface area contributed by atoms with Gasteiger partial charge in [-0.1, -0.05) is 34.6 Å². The van der Waals surface area contributed by atoms with Crippen LogP contribution in [0, 0.1) is 6.92 Å². The van der Waals surface area contributed by atoms with Gasteiger partial charge in [0.2, 0.25) is 0 Å². The number of hydrazine groups is 1. The highest BCUT2D eigenvalue weighted by Gasteiger charge is 2.11. The molecule has 0 unspecified atom stereocenters. The van der Waals surface area contributed by atoms with Gasteiger partial charge in [-0.15, -0.1) is 0 Å². The number of benzene rings is 1. The molecule has 0 radical (unpaired) electrons. The first-order valence-electron chi connectivity index (χ1n) is 5.63. The van der Waals surface area contributed by atoms with E-state index < -0.39 is 0 Å². The first kappa shape index (κ1) is 13.4. The molecule has 0 aliphatic carbocycles. The van der Waals surface area contributed by atoms with Crippen LogP contribution in [0.25, 0.3) is 5.70 Å². The Kier molecular flexibility index (Phi) is 4.06. The van der Waals surface area contributed by atoms with Gasteiger partial charge in [-0.2, -0.15) is 0 Å². The summed E-state index contributed by atoms with van der Waals surface area (Å²) in [6.07, 6.45) is 1.48. The zero-order chi connectivity index (χ0) is 13.8. The average Bonchev–Trinajstić information content (AvgIpc) is 2.82. The van der Waals surface area contributed by atoms with E-state index in [1.54, 1.807) is 13.0 Å². The van der Waals surface area contributed by atoms with E-state index in [9.17, 15) is 4.79 Å². The second kappa shape index (κ2) is 5.75. The Hall–Kier alpha value is -2.01. The van der Waals surface area contributed by atoms with E-state index in [4.69, 9.17) is 4.42 Å². The number of carbonyl (C=O) groups excluding carboxylic acids is 1. The largest absolute Gasteiger partial charge is 0.469 e. The maximum Gasteiger partial charge on any atom is 0.273 e. The van der Waals surface area contributed by atoms with Crippen molar-refractivity contribution in [2.45, 2.75) is 6.92 Å². The number of rotatable bonds is 4. The molecule has 1 aromatic carbocycles. The lowest BCUT2D eigenvalue weighted by molar-refractivity contribution is 0.0941. The van der Waals surface area contributed by atoms with E-state index in [-0.39, 0.29) is 5.91 Å². The maximum atomic E-state index is 11.8. The first-order chi connectivity index (χ1) is 9.08. The molecule has 0 bridgehead atoms. The van der Waals surface area contributed by atoms with Crippen molar-refractivity contribution >= 4 is 27.5 Å². The molecule has 0 spiro atoms. The van der Waals surface area contributed by atoms with Gasteiger partial charge in [0.15, 0.2) is 0 Å². The lowest BCUT2D eigenvalue weighted by Gasteiger charge is -2.11. The molecule has 98 valence electrons. The van der Waals surface area contributed by atoms with Crippen molar-refractivity contribution in [1.29, 1.82) is 0 Å². The highest BCUT2D eigenvalue weighted by Crippen LogP contribution is 2.16. The van der Waals surface area contributed by atoms with Crippen molar-refractivity contribution in [3.8, 4) is 0 Å². The van der Waals surface area contributed by atoms with Crippen LogP contribution < -0.4 is 10.9 Å². The minimum atomic E-state index is -0.262. The van der Waals surface area contributed by atoms with Crippen molar-refractivity contribution in [2.75, 3.05) is 0 Å². The van der Waals surface area contributed by atoms with Crippen LogP contribution >= 0.6 is 15.9 Å². The van der Waals surface area contributed by atoms with Crippen LogP contribution in [0.3, 0.4) is 0 Å². The van der Waals surface area contributed by atoms with Gasteiger partial charge in [0.1, 0.15) is 5.76 Å². The molecule has 1 amide bonds. The number of amides is 1. The molecule has 0 saturated heterocycles. The summed E-state index contributed by atoms with van der Waals surface area (Å²) in [7, 11) is 0. The van der Waals surface area contributed by atoms with Gasteiger partial charge in [-0.05, 0) is 30.7 Å². The van der Waals surface area contributed by atoms with E-state index in [1.807, 2.05) is 24.3 Å². The number of hydrogen-bond donors (Lipinski definition) is 2. The summed E-state index contributed by atoms with van der Waals surface area (Å²) in [6, 6.07) is 9.24. The molecular weight excluding hydrogens is 308 g/mol. The van der Waals surface area contributed by atoms with Gasteiger partial charge < -0.3 is 4.42 Å². The Morgan fingerprint density at radius 1 is 1.32 bits per heavy atom.